The molecular weight excluding hydrogens is 398 g/mol. The largest absolute Gasteiger partial charge is 0.510 e. The molecule has 2 N–H and O–H groups in total. The summed E-state index contributed by atoms with van der Waals surface area (Å²) < 4.78 is 1.04. The summed E-state index contributed by atoms with van der Waals surface area (Å²) in [5.41, 5.74) is 2.60. The van der Waals surface area contributed by atoms with Crippen LogP contribution < -0.4 is 0 Å². The van der Waals surface area contributed by atoms with Crippen molar-refractivity contribution >= 4 is 38.7 Å². The highest BCUT2D eigenvalue weighted by atomic mass is 79.9. The Morgan fingerprint density at radius 3 is 2.60 bits per heavy atom. The van der Waals surface area contributed by atoms with Gasteiger partial charge in [0.25, 0.3) is 0 Å². The molecule has 2 heterocycles. The van der Waals surface area contributed by atoms with Crippen molar-refractivity contribution in [3.05, 3.63) is 44.4 Å². The monoisotopic (exact) mass is 417 g/mol. The van der Waals surface area contributed by atoms with Gasteiger partial charge < -0.3 is 10.0 Å². The molecule has 25 heavy (non-hydrogen) atoms. The molecule has 4 rings (SSSR count). The first-order valence-electron chi connectivity index (χ1n) is 8.56. The van der Waals surface area contributed by atoms with Gasteiger partial charge in [-0.3, -0.25) is 5.41 Å². The van der Waals surface area contributed by atoms with E-state index in [0.29, 0.717) is 24.0 Å². The average Bonchev–Trinajstić information content (AvgIpc) is 3.29. The molecule has 2 aromatic rings. The minimum Gasteiger partial charge on any atom is -0.510 e. The Balaban J connectivity index is 1.66. The summed E-state index contributed by atoms with van der Waals surface area (Å²) in [7, 11) is 0. The van der Waals surface area contributed by atoms with Gasteiger partial charge in [0.1, 0.15) is 16.6 Å². The standard InChI is InChI=1S/C19H20BrN3OS/c1-11-17(12-6-8-13(20)9-7-12)22-19(25-11)16-15(24)10-23(18(16)21)14-4-2-3-5-14/h6-9,14,21,24H,2-5,10H2,1H3. The van der Waals surface area contributed by atoms with Crippen LogP contribution in [0.25, 0.3) is 16.8 Å². The SMILES string of the molecule is Cc1sc(C2=C(O)CN(C3CCCC3)C2=N)nc1-c1ccc(Br)cc1. The fourth-order valence-electron chi connectivity index (χ4n) is 3.73. The zero-order valence-corrected chi connectivity index (χ0v) is 16.5. The van der Waals surface area contributed by atoms with Crippen molar-refractivity contribution in [3.8, 4) is 11.3 Å². The molecule has 6 heteroatoms. The van der Waals surface area contributed by atoms with Crippen LogP contribution in [0.2, 0.25) is 0 Å². The summed E-state index contributed by atoms with van der Waals surface area (Å²) >= 11 is 5.01. The van der Waals surface area contributed by atoms with Gasteiger partial charge in [-0.15, -0.1) is 11.3 Å². The number of aliphatic hydroxyl groups excluding tert-OH is 1. The van der Waals surface area contributed by atoms with Crippen molar-refractivity contribution in [1.29, 1.82) is 5.41 Å². The smallest absolute Gasteiger partial charge is 0.135 e. The highest BCUT2D eigenvalue weighted by molar-refractivity contribution is 9.10. The van der Waals surface area contributed by atoms with E-state index in [4.69, 9.17) is 10.4 Å². The lowest BCUT2D eigenvalue weighted by Crippen LogP contribution is -2.35. The van der Waals surface area contributed by atoms with E-state index in [0.717, 1.165) is 38.5 Å². The number of hydrogen-bond acceptors (Lipinski definition) is 4. The van der Waals surface area contributed by atoms with E-state index < -0.39 is 0 Å². The fourth-order valence-corrected chi connectivity index (χ4v) is 5.00. The number of aromatic nitrogens is 1. The first-order chi connectivity index (χ1) is 12.0. The Hall–Kier alpha value is -1.66. The molecule has 1 aromatic heterocycles. The zero-order chi connectivity index (χ0) is 17.6. The van der Waals surface area contributed by atoms with E-state index in [1.165, 1.54) is 12.8 Å². The summed E-state index contributed by atoms with van der Waals surface area (Å²) in [5, 5.41) is 19.8. The third-order valence-corrected chi connectivity index (χ3v) is 6.54. The van der Waals surface area contributed by atoms with Crippen molar-refractivity contribution in [3.63, 3.8) is 0 Å². The molecule has 0 saturated heterocycles. The molecule has 1 fully saturated rings. The predicted molar refractivity (Wildman–Crippen MR) is 106 cm³/mol. The molecule has 0 atom stereocenters. The summed E-state index contributed by atoms with van der Waals surface area (Å²) in [4.78, 5) is 7.92. The zero-order valence-electron chi connectivity index (χ0n) is 14.1. The molecule has 0 amide bonds. The molecule has 0 unspecified atom stereocenters. The number of aryl methyl sites for hydroxylation is 1. The summed E-state index contributed by atoms with van der Waals surface area (Å²) in [6.45, 7) is 2.49. The number of thiazole rings is 1. The second kappa shape index (κ2) is 6.57. The summed E-state index contributed by atoms with van der Waals surface area (Å²) in [6.07, 6.45) is 4.66. The van der Waals surface area contributed by atoms with E-state index >= 15 is 0 Å². The van der Waals surface area contributed by atoms with E-state index in [2.05, 4.69) is 15.9 Å². The van der Waals surface area contributed by atoms with E-state index in [1.807, 2.05) is 36.1 Å². The third-order valence-electron chi connectivity index (χ3n) is 5.03. The van der Waals surface area contributed by atoms with Crippen LogP contribution in [-0.2, 0) is 0 Å². The minimum atomic E-state index is 0.285. The number of hydrogen-bond donors (Lipinski definition) is 2. The van der Waals surface area contributed by atoms with Gasteiger partial charge in [0.15, 0.2) is 0 Å². The lowest BCUT2D eigenvalue weighted by atomic mass is 10.1. The number of rotatable bonds is 3. The molecule has 2 aliphatic rings. The topological polar surface area (TPSA) is 60.2 Å². The van der Waals surface area contributed by atoms with Crippen molar-refractivity contribution in [1.82, 2.24) is 9.88 Å². The van der Waals surface area contributed by atoms with Crippen LogP contribution in [0.1, 0.15) is 35.6 Å². The Labute approximate surface area is 159 Å². The molecule has 0 radical (unpaired) electrons. The van der Waals surface area contributed by atoms with Crippen LogP contribution in [0.15, 0.2) is 34.5 Å². The summed E-state index contributed by atoms with van der Waals surface area (Å²) in [6, 6.07) is 8.47. The minimum absolute atomic E-state index is 0.285. The molecule has 4 nitrogen and oxygen atoms in total. The van der Waals surface area contributed by atoms with Crippen molar-refractivity contribution < 1.29 is 5.11 Å². The van der Waals surface area contributed by atoms with Gasteiger partial charge in [-0.1, -0.05) is 40.9 Å². The third kappa shape index (κ3) is 3.02. The molecular formula is C19H20BrN3OS. The molecule has 1 aromatic carbocycles. The van der Waals surface area contributed by atoms with Gasteiger partial charge in [0, 0.05) is 21.0 Å². The number of aliphatic hydroxyl groups is 1. The van der Waals surface area contributed by atoms with Gasteiger partial charge in [-0.2, -0.15) is 0 Å². The maximum atomic E-state index is 10.5. The molecule has 1 aliphatic carbocycles. The number of benzene rings is 1. The second-order valence-electron chi connectivity index (χ2n) is 6.67. The lowest BCUT2D eigenvalue weighted by molar-refractivity contribution is 0.296. The second-order valence-corrected chi connectivity index (χ2v) is 8.79. The Morgan fingerprint density at radius 2 is 1.92 bits per heavy atom. The predicted octanol–water partition coefficient (Wildman–Crippen LogP) is 5.39. The van der Waals surface area contributed by atoms with Crippen molar-refractivity contribution in [2.24, 2.45) is 0 Å². The summed E-state index contributed by atoms with van der Waals surface area (Å²) in [5.74, 6) is 0.716. The van der Waals surface area contributed by atoms with Gasteiger partial charge in [0.05, 0.1) is 17.8 Å². The van der Waals surface area contributed by atoms with E-state index in [1.54, 1.807) is 11.3 Å². The van der Waals surface area contributed by atoms with Gasteiger partial charge in [0.2, 0.25) is 0 Å². The average molecular weight is 418 g/mol. The Morgan fingerprint density at radius 1 is 1.24 bits per heavy atom. The molecule has 130 valence electrons. The van der Waals surface area contributed by atoms with Crippen molar-refractivity contribution in [2.45, 2.75) is 38.6 Å². The number of nitrogens with zero attached hydrogens (tertiary/aromatic N) is 2. The number of amidine groups is 1. The highest BCUT2D eigenvalue weighted by Gasteiger charge is 2.35. The molecule has 0 bridgehead atoms. The van der Waals surface area contributed by atoms with Gasteiger partial charge in [-0.25, -0.2) is 4.98 Å². The van der Waals surface area contributed by atoms with Crippen LogP contribution in [0.4, 0.5) is 0 Å². The first-order valence-corrected chi connectivity index (χ1v) is 10.2. The van der Waals surface area contributed by atoms with E-state index in [9.17, 15) is 5.11 Å². The maximum absolute atomic E-state index is 10.5. The fraction of sp³-hybridized carbons (Fsp3) is 0.368. The van der Waals surface area contributed by atoms with Crippen LogP contribution in [-0.4, -0.2) is 33.4 Å². The highest BCUT2D eigenvalue weighted by Crippen LogP contribution is 2.37. The van der Waals surface area contributed by atoms with Gasteiger partial charge >= 0.3 is 0 Å². The van der Waals surface area contributed by atoms with Crippen LogP contribution in [0.3, 0.4) is 0 Å². The first kappa shape index (κ1) is 16.8. The van der Waals surface area contributed by atoms with Crippen molar-refractivity contribution in [2.75, 3.05) is 6.54 Å². The quantitative estimate of drug-likeness (QED) is 0.703. The Kier molecular flexibility index (Phi) is 4.41. The van der Waals surface area contributed by atoms with Crippen LogP contribution in [0, 0.1) is 12.3 Å². The lowest BCUT2D eigenvalue weighted by Gasteiger charge is -2.25. The molecule has 0 spiro atoms. The Bertz CT molecular complexity index is 850. The molecule has 1 saturated carbocycles. The van der Waals surface area contributed by atoms with Crippen LogP contribution >= 0.6 is 27.3 Å². The molecule has 1 aliphatic heterocycles. The van der Waals surface area contributed by atoms with Gasteiger partial charge in [-0.05, 0) is 31.9 Å². The number of halogens is 1. The maximum Gasteiger partial charge on any atom is 0.135 e. The number of nitrogens with one attached hydrogen (secondary N) is 1. The van der Waals surface area contributed by atoms with Crippen LogP contribution in [0.5, 0.6) is 0 Å². The van der Waals surface area contributed by atoms with E-state index in [-0.39, 0.29) is 5.76 Å². The normalized spacial score (nSPS) is 18.6.